The molecule has 1 aromatic heterocycles. The van der Waals surface area contributed by atoms with Gasteiger partial charge in [0.25, 0.3) is 0 Å². The van der Waals surface area contributed by atoms with E-state index < -0.39 is 0 Å². The van der Waals surface area contributed by atoms with Crippen molar-refractivity contribution in [2.75, 3.05) is 11.9 Å². The summed E-state index contributed by atoms with van der Waals surface area (Å²) in [4.78, 5) is 4.96. The smallest absolute Gasteiger partial charge is 0.0763 e. The van der Waals surface area contributed by atoms with Gasteiger partial charge >= 0.3 is 0 Å². The molecule has 0 fully saturated rings. The molecule has 0 spiro atoms. The quantitative estimate of drug-likeness (QED) is 0.863. The van der Waals surface area contributed by atoms with Gasteiger partial charge in [-0.3, -0.25) is 4.98 Å². The third-order valence-corrected chi connectivity index (χ3v) is 3.86. The highest BCUT2D eigenvalue weighted by Crippen LogP contribution is 2.34. The molecule has 108 valence electrons. The first-order valence-corrected chi connectivity index (χ1v) is 7.56. The monoisotopic (exact) mass is 270 g/mol. The van der Waals surface area contributed by atoms with Crippen molar-refractivity contribution in [2.24, 2.45) is 0 Å². The van der Waals surface area contributed by atoms with Crippen LogP contribution in [0.5, 0.6) is 0 Å². The Morgan fingerprint density at radius 1 is 1.15 bits per heavy atom. The summed E-state index contributed by atoms with van der Waals surface area (Å²) in [5.41, 5.74) is 6.32. The SMILES string of the molecule is CCNc1c(C)c(CC)nc2c(C(C)(C)C)cccc12. The summed E-state index contributed by atoms with van der Waals surface area (Å²) in [5.74, 6) is 0. The molecular formula is C18H26N2. The van der Waals surface area contributed by atoms with Crippen molar-refractivity contribution in [3.8, 4) is 0 Å². The average Bonchev–Trinajstić information content (AvgIpc) is 2.40. The molecule has 0 saturated carbocycles. The number of para-hydroxylation sites is 1. The highest BCUT2D eigenvalue weighted by Gasteiger charge is 2.20. The maximum Gasteiger partial charge on any atom is 0.0763 e. The second kappa shape index (κ2) is 5.43. The average molecular weight is 270 g/mol. The summed E-state index contributed by atoms with van der Waals surface area (Å²) >= 11 is 0. The van der Waals surface area contributed by atoms with Crippen LogP contribution in [0.3, 0.4) is 0 Å². The van der Waals surface area contributed by atoms with Gasteiger partial charge in [-0.2, -0.15) is 0 Å². The molecule has 2 rings (SSSR count). The second-order valence-electron chi connectivity index (χ2n) is 6.39. The normalized spacial score (nSPS) is 11.9. The molecule has 2 nitrogen and oxygen atoms in total. The van der Waals surface area contributed by atoms with Gasteiger partial charge in [0.15, 0.2) is 0 Å². The molecule has 0 aliphatic carbocycles. The predicted molar refractivity (Wildman–Crippen MR) is 88.7 cm³/mol. The van der Waals surface area contributed by atoms with E-state index in [1.807, 2.05) is 0 Å². The molecule has 20 heavy (non-hydrogen) atoms. The Bertz CT molecular complexity index is 621. The molecule has 0 radical (unpaired) electrons. The Morgan fingerprint density at radius 3 is 2.40 bits per heavy atom. The Balaban J connectivity index is 2.86. The molecule has 0 aliphatic heterocycles. The van der Waals surface area contributed by atoms with Crippen molar-refractivity contribution in [1.82, 2.24) is 4.98 Å². The van der Waals surface area contributed by atoms with Crippen LogP contribution < -0.4 is 5.32 Å². The van der Waals surface area contributed by atoms with Crippen molar-refractivity contribution in [2.45, 2.75) is 53.4 Å². The molecule has 2 heteroatoms. The lowest BCUT2D eigenvalue weighted by Gasteiger charge is -2.23. The zero-order valence-corrected chi connectivity index (χ0v) is 13.6. The molecule has 0 aliphatic rings. The van der Waals surface area contributed by atoms with Crippen LogP contribution in [0.4, 0.5) is 5.69 Å². The minimum atomic E-state index is 0.107. The van der Waals surface area contributed by atoms with Crippen molar-refractivity contribution in [3.05, 3.63) is 35.0 Å². The molecule has 0 atom stereocenters. The first kappa shape index (κ1) is 14.8. The van der Waals surface area contributed by atoms with E-state index in [9.17, 15) is 0 Å². The van der Waals surface area contributed by atoms with Crippen molar-refractivity contribution in [3.63, 3.8) is 0 Å². The van der Waals surface area contributed by atoms with Gasteiger partial charge in [-0.25, -0.2) is 0 Å². The number of nitrogens with one attached hydrogen (secondary N) is 1. The number of aryl methyl sites for hydroxylation is 1. The summed E-state index contributed by atoms with van der Waals surface area (Å²) in [5, 5.41) is 4.78. The molecule has 0 saturated heterocycles. The van der Waals surface area contributed by atoms with Gasteiger partial charge in [-0.1, -0.05) is 45.9 Å². The zero-order chi connectivity index (χ0) is 14.9. The van der Waals surface area contributed by atoms with Gasteiger partial charge in [0.05, 0.1) is 5.52 Å². The van der Waals surface area contributed by atoms with E-state index in [0.717, 1.165) is 18.5 Å². The summed E-state index contributed by atoms with van der Waals surface area (Å²) in [6.45, 7) is 14.2. The van der Waals surface area contributed by atoms with E-state index in [1.165, 1.54) is 27.9 Å². The number of hydrogen-bond donors (Lipinski definition) is 1. The van der Waals surface area contributed by atoms with Gasteiger partial charge in [-0.15, -0.1) is 0 Å². The van der Waals surface area contributed by atoms with Crippen LogP contribution in [0.2, 0.25) is 0 Å². The Labute approximate surface area is 122 Å². The Kier molecular flexibility index (Phi) is 4.03. The van der Waals surface area contributed by atoms with Gasteiger partial charge in [-0.05, 0) is 36.8 Å². The van der Waals surface area contributed by atoms with E-state index in [-0.39, 0.29) is 5.41 Å². The number of aromatic nitrogens is 1. The lowest BCUT2D eigenvalue weighted by molar-refractivity contribution is 0.594. The third kappa shape index (κ3) is 2.52. The molecule has 0 bridgehead atoms. The highest BCUT2D eigenvalue weighted by molar-refractivity contribution is 5.95. The number of benzene rings is 1. The third-order valence-electron chi connectivity index (χ3n) is 3.86. The van der Waals surface area contributed by atoms with E-state index in [2.05, 4.69) is 65.1 Å². The van der Waals surface area contributed by atoms with Gasteiger partial charge in [0, 0.05) is 23.3 Å². The van der Waals surface area contributed by atoms with E-state index in [0.29, 0.717) is 0 Å². The van der Waals surface area contributed by atoms with E-state index in [1.54, 1.807) is 0 Å². The topological polar surface area (TPSA) is 24.9 Å². The van der Waals surface area contributed by atoms with Crippen LogP contribution in [0.25, 0.3) is 10.9 Å². The largest absolute Gasteiger partial charge is 0.385 e. The fraction of sp³-hybridized carbons (Fsp3) is 0.500. The van der Waals surface area contributed by atoms with Gasteiger partial charge in [0.1, 0.15) is 0 Å². The van der Waals surface area contributed by atoms with Crippen LogP contribution in [0.15, 0.2) is 18.2 Å². The summed E-state index contributed by atoms with van der Waals surface area (Å²) in [7, 11) is 0. The fourth-order valence-electron chi connectivity index (χ4n) is 2.78. The number of nitrogens with zero attached hydrogens (tertiary/aromatic N) is 1. The fourth-order valence-corrected chi connectivity index (χ4v) is 2.78. The van der Waals surface area contributed by atoms with Crippen LogP contribution in [-0.4, -0.2) is 11.5 Å². The second-order valence-corrected chi connectivity index (χ2v) is 6.39. The first-order chi connectivity index (χ1) is 9.40. The molecule has 1 aromatic carbocycles. The van der Waals surface area contributed by atoms with Gasteiger partial charge < -0.3 is 5.32 Å². The Morgan fingerprint density at radius 2 is 1.85 bits per heavy atom. The van der Waals surface area contributed by atoms with Crippen molar-refractivity contribution in [1.29, 1.82) is 0 Å². The molecule has 1 heterocycles. The molecular weight excluding hydrogens is 244 g/mol. The van der Waals surface area contributed by atoms with E-state index in [4.69, 9.17) is 4.98 Å². The zero-order valence-electron chi connectivity index (χ0n) is 13.6. The van der Waals surface area contributed by atoms with Crippen LogP contribution in [0, 0.1) is 6.92 Å². The van der Waals surface area contributed by atoms with Crippen molar-refractivity contribution < 1.29 is 0 Å². The van der Waals surface area contributed by atoms with Crippen LogP contribution in [0.1, 0.15) is 51.4 Å². The number of hydrogen-bond acceptors (Lipinski definition) is 2. The summed E-state index contributed by atoms with van der Waals surface area (Å²) in [6, 6.07) is 6.54. The maximum atomic E-state index is 4.96. The number of fused-ring (bicyclic) bond motifs is 1. The molecule has 2 aromatic rings. The highest BCUT2D eigenvalue weighted by atomic mass is 14.9. The van der Waals surface area contributed by atoms with Crippen molar-refractivity contribution >= 4 is 16.6 Å². The molecule has 0 unspecified atom stereocenters. The lowest BCUT2D eigenvalue weighted by atomic mass is 9.85. The summed E-state index contributed by atoms with van der Waals surface area (Å²) in [6.07, 6.45) is 0.971. The van der Waals surface area contributed by atoms with E-state index >= 15 is 0 Å². The van der Waals surface area contributed by atoms with Gasteiger partial charge in [0.2, 0.25) is 0 Å². The maximum absolute atomic E-state index is 4.96. The minimum Gasteiger partial charge on any atom is -0.385 e. The number of rotatable bonds is 3. The number of pyridine rings is 1. The first-order valence-electron chi connectivity index (χ1n) is 7.56. The van der Waals surface area contributed by atoms with Crippen LogP contribution >= 0.6 is 0 Å². The lowest BCUT2D eigenvalue weighted by Crippen LogP contribution is -2.14. The predicted octanol–water partition coefficient (Wildman–Crippen LogP) is 4.83. The minimum absolute atomic E-state index is 0.107. The standard InChI is InChI=1S/C18H26N2/c1-7-15-12(3)16(19-8-2)13-10-9-11-14(17(13)20-15)18(4,5)6/h9-11H,7-8H2,1-6H3,(H,19,20). The molecule has 1 N–H and O–H groups in total. The Hall–Kier alpha value is -1.57. The molecule has 0 amide bonds. The summed E-state index contributed by atoms with van der Waals surface area (Å²) < 4.78 is 0. The van der Waals surface area contributed by atoms with Crippen LogP contribution in [-0.2, 0) is 11.8 Å². The number of anilines is 1.